The van der Waals surface area contributed by atoms with E-state index >= 15 is 0 Å². The van der Waals surface area contributed by atoms with Crippen molar-refractivity contribution in [2.24, 2.45) is 4.99 Å². The molecule has 2 aromatic rings. The van der Waals surface area contributed by atoms with Crippen LogP contribution in [0.2, 0.25) is 0 Å². The first-order valence-corrected chi connectivity index (χ1v) is 15.2. The molecule has 1 aliphatic carbocycles. The van der Waals surface area contributed by atoms with Crippen LogP contribution < -0.4 is 10.6 Å². The Labute approximate surface area is 194 Å². The van der Waals surface area contributed by atoms with Gasteiger partial charge >= 0.3 is 195 Å². The molecule has 0 bridgehead atoms. The molecule has 0 fully saturated rings. The fraction of sp³-hybridized carbons (Fsp3) is 0.400. The number of thioether (sulfide) groups is 1. The molecule has 0 spiro atoms. The van der Waals surface area contributed by atoms with Gasteiger partial charge in [0.25, 0.3) is 0 Å². The minimum absolute atomic E-state index is 0.575. The zero-order chi connectivity index (χ0) is 20.2. The number of aliphatic imine (C=N–C) groups is 1. The van der Waals surface area contributed by atoms with E-state index in [1.54, 1.807) is 14.7 Å². The molecule has 5 heteroatoms. The number of guanidine groups is 1. The van der Waals surface area contributed by atoms with Crippen LogP contribution in [-0.4, -0.2) is 43.5 Å². The second-order valence-electron chi connectivity index (χ2n) is 8.38. The van der Waals surface area contributed by atoms with Gasteiger partial charge in [0, 0.05) is 0 Å². The van der Waals surface area contributed by atoms with Crippen molar-refractivity contribution >= 4 is 48.1 Å². The Morgan fingerprint density at radius 2 is 1.87 bits per heavy atom. The van der Waals surface area contributed by atoms with Crippen molar-refractivity contribution in [2.75, 3.05) is 18.4 Å². The summed E-state index contributed by atoms with van der Waals surface area (Å²) in [4.78, 5) is 4.49. The number of rotatable bonds is 4. The van der Waals surface area contributed by atoms with Crippen molar-refractivity contribution < 1.29 is 0 Å². The van der Waals surface area contributed by atoms with E-state index in [1.165, 1.54) is 49.7 Å². The first-order valence-electron chi connectivity index (χ1n) is 11.2. The first-order chi connectivity index (χ1) is 14.8. The van der Waals surface area contributed by atoms with E-state index < -0.39 is 21.1 Å². The molecule has 3 nitrogen and oxygen atoms in total. The maximum atomic E-state index is 4.49. The molecule has 0 saturated heterocycles. The average molecular weight is 522 g/mol. The van der Waals surface area contributed by atoms with Gasteiger partial charge in [-0.3, -0.25) is 0 Å². The number of aryl methyl sites for hydroxylation is 2. The van der Waals surface area contributed by atoms with Crippen LogP contribution in [0.4, 0.5) is 5.69 Å². The molecule has 3 aliphatic rings. The standard InChI is InChI=1S/C25H29N3S.Sn/c1-2-5-22-10-7-21(19-23(22)6-3-1)14-18-29-17-13-20-8-11-24(12-9-20)28-25-26-15-4-16-27-25;/h7-12,17-19H,1-6,13,15-16H2,(H2,26,27,28);. The summed E-state index contributed by atoms with van der Waals surface area (Å²) in [6.07, 6.45) is 8.99. The van der Waals surface area contributed by atoms with Crippen LogP contribution in [0.3, 0.4) is 0 Å². The third-order valence-electron chi connectivity index (χ3n) is 6.11. The van der Waals surface area contributed by atoms with Gasteiger partial charge in [0.2, 0.25) is 0 Å². The van der Waals surface area contributed by atoms with Crippen molar-refractivity contribution in [1.82, 2.24) is 5.32 Å². The van der Waals surface area contributed by atoms with Crippen LogP contribution in [0.1, 0.15) is 47.9 Å². The summed E-state index contributed by atoms with van der Waals surface area (Å²) < 4.78 is 2.51. The van der Waals surface area contributed by atoms with Crippen LogP contribution >= 0.6 is 11.8 Å². The van der Waals surface area contributed by atoms with Gasteiger partial charge in [0.05, 0.1) is 0 Å². The van der Waals surface area contributed by atoms with Crippen LogP contribution in [0.15, 0.2) is 52.9 Å². The fourth-order valence-corrected chi connectivity index (χ4v) is 11.3. The molecule has 2 aliphatic heterocycles. The van der Waals surface area contributed by atoms with Crippen LogP contribution in [0.5, 0.6) is 0 Å². The zero-order valence-electron chi connectivity index (χ0n) is 17.4. The van der Waals surface area contributed by atoms with Crippen molar-refractivity contribution in [2.45, 2.75) is 48.2 Å². The molecule has 2 radical (unpaired) electrons. The van der Waals surface area contributed by atoms with Gasteiger partial charge in [-0.1, -0.05) is 0 Å². The summed E-state index contributed by atoms with van der Waals surface area (Å²) in [5, 5.41) is 9.20. The van der Waals surface area contributed by atoms with Crippen molar-refractivity contribution in [3.8, 4) is 0 Å². The van der Waals surface area contributed by atoms with Gasteiger partial charge in [-0.05, 0) is 0 Å². The fourth-order valence-electron chi connectivity index (χ4n) is 4.41. The molecule has 5 rings (SSSR count). The van der Waals surface area contributed by atoms with Gasteiger partial charge in [0.1, 0.15) is 0 Å². The van der Waals surface area contributed by atoms with E-state index in [-0.39, 0.29) is 0 Å². The average Bonchev–Trinajstić information content (AvgIpc) is 3.12. The Morgan fingerprint density at radius 3 is 2.70 bits per heavy atom. The molecule has 30 heavy (non-hydrogen) atoms. The van der Waals surface area contributed by atoms with Crippen molar-refractivity contribution in [1.29, 1.82) is 0 Å². The number of fused-ring (bicyclic) bond motifs is 1. The number of nitrogens with zero attached hydrogens (tertiary/aromatic N) is 1. The van der Waals surface area contributed by atoms with E-state index in [0.717, 1.165) is 34.4 Å². The molecule has 1 atom stereocenters. The predicted octanol–water partition coefficient (Wildman–Crippen LogP) is 5.03. The summed E-state index contributed by atoms with van der Waals surface area (Å²) in [6.45, 7) is 1.92. The molecule has 154 valence electrons. The second-order valence-corrected chi connectivity index (χ2v) is 15.0. The van der Waals surface area contributed by atoms with Gasteiger partial charge in [-0.2, -0.15) is 0 Å². The van der Waals surface area contributed by atoms with E-state index in [0.29, 0.717) is 0 Å². The third-order valence-corrected chi connectivity index (χ3v) is 13.2. The number of nitrogens with one attached hydrogen (secondary N) is 2. The van der Waals surface area contributed by atoms with E-state index in [4.69, 9.17) is 0 Å². The number of anilines is 1. The summed E-state index contributed by atoms with van der Waals surface area (Å²) in [5.41, 5.74) is 7.33. The van der Waals surface area contributed by atoms with E-state index in [1.807, 2.05) is 0 Å². The Morgan fingerprint density at radius 1 is 1.00 bits per heavy atom. The Balaban J connectivity index is 1.18. The number of hydrogen-bond acceptors (Lipinski definition) is 4. The van der Waals surface area contributed by atoms with Crippen LogP contribution in [0, 0.1) is 0 Å². The summed E-state index contributed by atoms with van der Waals surface area (Å²) in [6, 6.07) is 16.3. The Bertz CT molecular complexity index is 951. The first kappa shape index (κ1) is 20.5. The summed E-state index contributed by atoms with van der Waals surface area (Å²) >= 11 is 1.51. The molecular formula is C25H29N3SSn. The van der Waals surface area contributed by atoms with Gasteiger partial charge in [0.15, 0.2) is 0 Å². The predicted molar refractivity (Wildman–Crippen MR) is 132 cm³/mol. The summed E-state index contributed by atoms with van der Waals surface area (Å²) in [7, 11) is 0. The van der Waals surface area contributed by atoms with E-state index in [9.17, 15) is 0 Å². The van der Waals surface area contributed by atoms with Gasteiger partial charge in [-0.15, -0.1) is 0 Å². The third kappa shape index (κ3) is 5.08. The number of benzene rings is 2. The van der Waals surface area contributed by atoms with Crippen molar-refractivity contribution in [3.05, 3.63) is 70.1 Å². The van der Waals surface area contributed by atoms with E-state index in [2.05, 4.69) is 75.3 Å². The molecule has 0 amide bonds. The topological polar surface area (TPSA) is 36.4 Å². The molecule has 0 aromatic heterocycles. The Hall–Kier alpha value is -1.40. The summed E-state index contributed by atoms with van der Waals surface area (Å²) in [5.74, 6) is 0.906. The molecule has 1 unspecified atom stereocenters. The normalized spacial score (nSPS) is 21.1. The Kier molecular flexibility index (Phi) is 6.71. The van der Waals surface area contributed by atoms with Gasteiger partial charge < -0.3 is 0 Å². The maximum absolute atomic E-state index is 4.49. The molecule has 2 aromatic carbocycles. The SMILES string of the molecule is C1=[C](c2ccc3c(c2)CCCCC3)[Sn][CH](Cc2ccc(NC3=NCCCN3)cc2)S1. The molecule has 2 N–H and O–H groups in total. The van der Waals surface area contributed by atoms with Gasteiger partial charge in [-0.25, -0.2) is 0 Å². The van der Waals surface area contributed by atoms with Crippen LogP contribution in [0.25, 0.3) is 3.59 Å². The molecular weight excluding hydrogens is 493 g/mol. The minimum atomic E-state index is -0.575. The van der Waals surface area contributed by atoms with Crippen molar-refractivity contribution in [3.63, 3.8) is 0 Å². The molecule has 0 saturated carbocycles. The second kappa shape index (κ2) is 9.82. The monoisotopic (exact) mass is 523 g/mol. The van der Waals surface area contributed by atoms with Crippen LogP contribution in [-0.2, 0) is 19.3 Å². The quantitative estimate of drug-likeness (QED) is 0.437. The molecule has 2 heterocycles. The number of hydrogen-bond donors (Lipinski definition) is 2. The zero-order valence-corrected chi connectivity index (χ0v) is 21.1.